The SMILES string of the molecule is CCOCC(=O)NNC(=S)NC(=O)c1ccccc1Br. The summed E-state index contributed by atoms with van der Waals surface area (Å²) in [5, 5.41) is 2.44. The predicted octanol–water partition coefficient (Wildman–Crippen LogP) is 1.12. The van der Waals surface area contributed by atoms with Crippen LogP contribution in [0.25, 0.3) is 0 Å². The molecular weight excluding hydrogens is 346 g/mol. The predicted molar refractivity (Wildman–Crippen MR) is 82.0 cm³/mol. The third-order valence-electron chi connectivity index (χ3n) is 2.10. The zero-order valence-electron chi connectivity index (χ0n) is 10.7. The zero-order valence-corrected chi connectivity index (χ0v) is 13.1. The number of nitrogens with one attached hydrogen (secondary N) is 3. The normalized spacial score (nSPS) is 9.70. The number of halogens is 1. The standard InChI is InChI=1S/C12H14BrN3O3S/c1-2-19-7-10(17)15-16-12(20)14-11(18)8-5-3-4-6-9(8)13/h3-6H,2,7H2,1H3,(H,15,17)(H2,14,16,18,20). The maximum Gasteiger partial charge on any atom is 0.264 e. The van der Waals surface area contributed by atoms with Crippen LogP contribution in [0, 0.1) is 0 Å². The van der Waals surface area contributed by atoms with Gasteiger partial charge in [-0.3, -0.25) is 25.8 Å². The van der Waals surface area contributed by atoms with E-state index in [1.807, 2.05) is 0 Å². The lowest BCUT2D eigenvalue weighted by atomic mass is 10.2. The van der Waals surface area contributed by atoms with E-state index in [-0.39, 0.29) is 23.5 Å². The molecule has 8 heteroatoms. The maximum atomic E-state index is 11.9. The minimum atomic E-state index is -0.385. The maximum absolute atomic E-state index is 11.9. The molecule has 0 aromatic heterocycles. The molecule has 0 bridgehead atoms. The van der Waals surface area contributed by atoms with Crippen molar-refractivity contribution in [2.75, 3.05) is 13.2 Å². The number of thiocarbonyl (C=S) groups is 1. The van der Waals surface area contributed by atoms with Crippen molar-refractivity contribution in [1.82, 2.24) is 16.2 Å². The average Bonchev–Trinajstić information content (AvgIpc) is 2.43. The van der Waals surface area contributed by atoms with Gasteiger partial charge in [-0.25, -0.2) is 0 Å². The highest BCUT2D eigenvalue weighted by atomic mass is 79.9. The molecule has 3 N–H and O–H groups in total. The molecule has 0 spiro atoms. The van der Waals surface area contributed by atoms with Crippen LogP contribution in [0.3, 0.4) is 0 Å². The van der Waals surface area contributed by atoms with Crippen LogP contribution in [-0.4, -0.2) is 30.1 Å². The van der Waals surface area contributed by atoms with Crippen LogP contribution in [0.4, 0.5) is 0 Å². The summed E-state index contributed by atoms with van der Waals surface area (Å²) in [7, 11) is 0. The van der Waals surface area contributed by atoms with Gasteiger partial charge in [0.05, 0.1) is 5.56 Å². The molecule has 0 aliphatic rings. The molecule has 1 aromatic rings. The summed E-state index contributed by atoms with van der Waals surface area (Å²) in [5.74, 6) is -0.765. The molecule has 20 heavy (non-hydrogen) atoms. The largest absolute Gasteiger partial charge is 0.372 e. The highest BCUT2D eigenvalue weighted by Gasteiger charge is 2.11. The molecule has 6 nitrogen and oxygen atoms in total. The molecule has 1 aromatic carbocycles. The Morgan fingerprint density at radius 1 is 1.30 bits per heavy atom. The van der Waals surface area contributed by atoms with Crippen molar-refractivity contribution in [3.63, 3.8) is 0 Å². The summed E-state index contributed by atoms with van der Waals surface area (Å²) in [6.45, 7) is 2.14. The average molecular weight is 360 g/mol. The Bertz CT molecular complexity index is 510. The van der Waals surface area contributed by atoms with Gasteiger partial charge in [-0.2, -0.15) is 0 Å². The molecule has 0 heterocycles. The molecule has 0 fully saturated rings. The molecule has 2 amide bonds. The molecule has 0 atom stereocenters. The summed E-state index contributed by atoms with van der Waals surface area (Å²) >= 11 is 8.16. The Labute approximate surface area is 130 Å². The number of ether oxygens (including phenoxy) is 1. The summed E-state index contributed by atoms with van der Waals surface area (Å²) < 4.78 is 5.56. The fraction of sp³-hybridized carbons (Fsp3) is 0.250. The van der Waals surface area contributed by atoms with Gasteiger partial charge in [0.1, 0.15) is 6.61 Å². The quantitative estimate of drug-likeness (QED) is 0.554. The van der Waals surface area contributed by atoms with Crippen molar-refractivity contribution < 1.29 is 14.3 Å². The van der Waals surface area contributed by atoms with Crippen molar-refractivity contribution >= 4 is 45.1 Å². The van der Waals surface area contributed by atoms with Gasteiger partial charge in [0.15, 0.2) is 5.11 Å². The Kier molecular flexibility index (Phi) is 7.13. The van der Waals surface area contributed by atoms with E-state index in [1.54, 1.807) is 31.2 Å². The highest BCUT2D eigenvalue weighted by molar-refractivity contribution is 9.10. The van der Waals surface area contributed by atoms with E-state index < -0.39 is 0 Å². The second-order valence-corrected chi connectivity index (χ2v) is 4.84. The van der Waals surface area contributed by atoms with E-state index in [2.05, 4.69) is 32.1 Å². The third-order valence-corrected chi connectivity index (χ3v) is 2.99. The first-order chi connectivity index (χ1) is 9.54. The number of hydrogen-bond acceptors (Lipinski definition) is 4. The number of hydrogen-bond donors (Lipinski definition) is 3. The fourth-order valence-corrected chi connectivity index (χ4v) is 1.81. The van der Waals surface area contributed by atoms with Crippen LogP contribution in [0.1, 0.15) is 17.3 Å². The van der Waals surface area contributed by atoms with E-state index in [0.717, 1.165) is 0 Å². The number of carbonyl (C=O) groups is 2. The van der Waals surface area contributed by atoms with Gasteiger partial charge >= 0.3 is 0 Å². The zero-order chi connectivity index (χ0) is 15.0. The van der Waals surface area contributed by atoms with Crippen molar-refractivity contribution in [3.05, 3.63) is 34.3 Å². The minimum absolute atomic E-state index is 0.00407. The Morgan fingerprint density at radius 3 is 2.65 bits per heavy atom. The number of hydrazine groups is 1. The van der Waals surface area contributed by atoms with Crippen LogP contribution >= 0.6 is 28.1 Å². The molecule has 0 saturated carbocycles. The fourth-order valence-electron chi connectivity index (χ4n) is 1.20. The first-order valence-electron chi connectivity index (χ1n) is 5.77. The van der Waals surface area contributed by atoms with Crippen LogP contribution in [-0.2, 0) is 9.53 Å². The smallest absolute Gasteiger partial charge is 0.264 e. The van der Waals surface area contributed by atoms with Crippen molar-refractivity contribution in [3.8, 4) is 0 Å². The van der Waals surface area contributed by atoms with E-state index >= 15 is 0 Å². The molecule has 108 valence electrons. The van der Waals surface area contributed by atoms with Gasteiger partial charge in [0.25, 0.3) is 11.8 Å². The molecule has 0 radical (unpaired) electrons. The Morgan fingerprint density at radius 2 is 2.00 bits per heavy atom. The summed E-state index contributed by atoms with van der Waals surface area (Å²) in [5.41, 5.74) is 5.17. The number of carbonyl (C=O) groups excluding carboxylic acids is 2. The molecule has 0 saturated heterocycles. The van der Waals surface area contributed by atoms with Crippen molar-refractivity contribution in [2.24, 2.45) is 0 Å². The van der Waals surface area contributed by atoms with Crippen LogP contribution in [0.15, 0.2) is 28.7 Å². The van der Waals surface area contributed by atoms with Crippen molar-refractivity contribution in [2.45, 2.75) is 6.92 Å². The Hall–Kier alpha value is -1.51. The number of amides is 2. The molecular formula is C12H14BrN3O3S. The lowest BCUT2D eigenvalue weighted by Crippen LogP contribution is -2.49. The molecule has 0 unspecified atom stereocenters. The lowest BCUT2D eigenvalue weighted by Gasteiger charge is -2.11. The first kappa shape index (κ1) is 16.5. The Balaban J connectivity index is 2.41. The van der Waals surface area contributed by atoms with Gasteiger partial charge in [-0.15, -0.1) is 0 Å². The molecule has 0 aliphatic heterocycles. The lowest BCUT2D eigenvalue weighted by molar-refractivity contribution is -0.126. The van der Waals surface area contributed by atoms with E-state index in [4.69, 9.17) is 17.0 Å². The molecule has 0 aliphatic carbocycles. The van der Waals surface area contributed by atoms with Crippen LogP contribution in [0.5, 0.6) is 0 Å². The van der Waals surface area contributed by atoms with Gasteiger partial charge in [0, 0.05) is 11.1 Å². The van der Waals surface area contributed by atoms with Gasteiger partial charge in [-0.05, 0) is 47.2 Å². The third kappa shape index (κ3) is 5.64. The number of benzene rings is 1. The summed E-state index contributed by atoms with van der Waals surface area (Å²) in [6.07, 6.45) is 0. The summed E-state index contributed by atoms with van der Waals surface area (Å²) in [4.78, 5) is 23.1. The molecule has 1 rings (SSSR count). The van der Waals surface area contributed by atoms with Crippen LogP contribution < -0.4 is 16.2 Å². The van der Waals surface area contributed by atoms with Crippen LogP contribution in [0.2, 0.25) is 0 Å². The second kappa shape index (κ2) is 8.62. The number of rotatable bonds is 4. The highest BCUT2D eigenvalue weighted by Crippen LogP contribution is 2.15. The monoisotopic (exact) mass is 359 g/mol. The first-order valence-corrected chi connectivity index (χ1v) is 6.97. The second-order valence-electron chi connectivity index (χ2n) is 3.57. The van der Waals surface area contributed by atoms with Crippen molar-refractivity contribution in [1.29, 1.82) is 0 Å². The summed E-state index contributed by atoms with van der Waals surface area (Å²) in [6, 6.07) is 6.93. The van der Waals surface area contributed by atoms with Gasteiger partial charge < -0.3 is 4.74 Å². The van der Waals surface area contributed by atoms with Gasteiger partial charge in [-0.1, -0.05) is 12.1 Å². The van der Waals surface area contributed by atoms with Gasteiger partial charge in [0.2, 0.25) is 0 Å². The van der Waals surface area contributed by atoms with E-state index in [1.165, 1.54) is 0 Å². The minimum Gasteiger partial charge on any atom is -0.372 e. The topological polar surface area (TPSA) is 79.5 Å². The van der Waals surface area contributed by atoms with E-state index in [0.29, 0.717) is 16.6 Å². The van der Waals surface area contributed by atoms with E-state index in [9.17, 15) is 9.59 Å².